The second-order valence-electron chi connectivity index (χ2n) is 5.73. The zero-order chi connectivity index (χ0) is 19.4. The molecule has 2 aromatic carbocycles. The molecule has 0 spiro atoms. The van der Waals surface area contributed by atoms with Crippen LogP contribution in [0.1, 0.15) is 11.7 Å². The lowest BCUT2D eigenvalue weighted by molar-refractivity contribution is -0.384. The van der Waals surface area contributed by atoms with Gasteiger partial charge in [0.15, 0.2) is 0 Å². The van der Waals surface area contributed by atoms with Crippen LogP contribution in [-0.4, -0.2) is 40.5 Å². The summed E-state index contributed by atoms with van der Waals surface area (Å²) in [6.45, 7) is 0.964. The Morgan fingerprint density at radius 1 is 1.26 bits per heavy atom. The van der Waals surface area contributed by atoms with Crippen LogP contribution in [0.2, 0.25) is 0 Å². The molecule has 0 saturated carbocycles. The number of phenols is 2. The number of hydrogen-bond donors (Lipinski definition) is 2. The first-order valence-corrected chi connectivity index (χ1v) is 8.07. The predicted molar refractivity (Wildman–Crippen MR) is 94.5 cm³/mol. The molecule has 0 saturated heterocycles. The third-order valence-corrected chi connectivity index (χ3v) is 3.86. The maximum absolute atomic E-state index is 10.8. The third-order valence-electron chi connectivity index (χ3n) is 3.86. The van der Waals surface area contributed by atoms with Gasteiger partial charge >= 0.3 is 0 Å². The highest BCUT2D eigenvalue weighted by Gasteiger charge is 2.26. The highest BCUT2D eigenvalue weighted by molar-refractivity contribution is 5.53. The largest absolute Gasteiger partial charge is 0.508 e. The average Bonchev–Trinajstić information content (AvgIpc) is 3.08. The van der Waals surface area contributed by atoms with Gasteiger partial charge in [-0.25, -0.2) is 0 Å². The quantitative estimate of drug-likeness (QED) is 0.561. The van der Waals surface area contributed by atoms with Crippen LogP contribution in [0.3, 0.4) is 0 Å². The number of non-ortho nitro benzene ring substituents is 1. The minimum Gasteiger partial charge on any atom is -0.508 e. The molecule has 0 aromatic heterocycles. The van der Waals surface area contributed by atoms with Gasteiger partial charge in [-0.2, -0.15) is 0 Å². The van der Waals surface area contributed by atoms with Crippen molar-refractivity contribution in [1.82, 2.24) is 5.06 Å². The summed E-state index contributed by atoms with van der Waals surface area (Å²) in [7, 11) is 1.58. The van der Waals surface area contributed by atoms with E-state index in [2.05, 4.69) is 0 Å². The summed E-state index contributed by atoms with van der Waals surface area (Å²) in [6, 6.07) is 7.99. The third kappa shape index (κ3) is 4.27. The average molecular weight is 374 g/mol. The second-order valence-corrected chi connectivity index (χ2v) is 5.73. The first-order chi connectivity index (χ1) is 13.0. The maximum Gasteiger partial charge on any atom is 0.269 e. The van der Waals surface area contributed by atoms with Gasteiger partial charge in [0.2, 0.25) is 0 Å². The van der Waals surface area contributed by atoms with E-state index < -0.39 is 11.0 Å². The van der Waals surface area contributed by atoms with Gasteiger partial charge in [-0.3, -0.25) is 20.0 Å². The standard InChI is InChI=1S/C18H18N2O7/c1-25-9-8-19-7-6-16(27-19)18-15(22)10-13(21)11-17(18)26-14-4-2-12(3-5-14)20(23)24/h2-7,10-11,16,21-22H,8-9H2,1H3. The number of ether oxygens (including phenoxy) is 2. The van der Waals surface area contributed by atoms with Gasteiger partial charge in [0.25, 0.3) is 5.69 Å². The van der Waals surface area contributed by atoms with Crippen LogP contribution in [0.4, 0.5) is 5.69 Å². The van der Waals surface area contributed by atoms with Gasteiger partial charge in [0, 0.05) is 37.6 Å². The number of hydroxylamine groups is 2. The lowest BCUT2D eigenvalue weighted by atomic mass is 10.1. The summed E-state index contributed by atoms with van der Waals surface area (Å²) >= 11 is 0. The fourth-order valence-corrected chi connectivity index (χ4v) is 2.58. The molecule has 1 aliphatic rings. The van der Waals surface area contributed by atoms with Crippen molar-refractivity contribution < 1.29 is 29.4 Å². The highest BCUT2D eigenvalue weighted by Crippen LogP contribution is 2.43. The van der Waals surface area contributed by atoms with Crippen molar-refractivity contribution in [3.63, 3.8) is 0 Å². The van der Waals surface area contributed by atoms with E-state index in [1.807, 2.05) is 0 Å². The Hall–Kier alpha value is -3.30. The number of nitro groups is 1. The van der Waals surface area contributed by atoms with Gasteiger partial charge in [-0.1, -0.05) is 0 Å². The summed E-state index contributed by atoms with van der Waals surface area (Å²) in [5.41, 5.74) is 0.250. The van der Waals surface area contributed by atoms with Crippen molar-refractivity contribution in [1.29, 1.82) is 0 Å². The number of methoxy groups -OCH3 is 1. The Labute approximate surface area is 154 Å². The van der Waals surface area contributed by atoms with Crippen LogP contribution in [0.15, 0.2) is 48.7 Å². The van der Waals surface area contributed by atoms with Gasteiger partial charge in [0.1, 0.15) is 29.1 Å². The van der Waals surface area contributed by atoms with Gasteiger partial charge < -0.3 is 19.7 Å². The Morgan fingerprint density at radius 3 is 2.67 bits per heavy atom. The number of benzene rings is 2. The summed E-state index contributed by atoms with van der Waals surface area (Å²) in [6.07, 6.45) is 2.81. The molecule has 0 aliphatic carbocycles. The molecule has 1 unspecified atom stereocenters. The zero-order valence-electron chi connectivity index (χ0n) is 14.4. The molecule has 9 heteroatoms. The molecule has 0 radical (unpaired) electrons. The van der Waals surface area contributed by atoms with E-state index in [0.717, 1.165) is 0 Å². The number of rotatable bonds is 7. The summed E-state index contributed by atoms with van der Waals surface area (Å²) in [5.74, 6) is 0.0937. The van der Waals surface area contributed by atoms with Crippen LogP contribution < -0.4 is 4.74 Å². The Bertz CT molecular complexity index is 852. The molecule has 1 aliphatic heterocycles. The molecule has 2 N–H and O–H groups in total. The smallest absolute Gasteiger partial charge is 0.269 e. The number of nitro benzene ring substituents is 1. The van der Waals surface area contributed by atoms with E-state index in [0.29, 0.717) is 24.5 Å². The SMILES string of the molecule is COCCN1C=CC(c2c(O)cc(O)cc2Oc2ccc([N+](=O)[O-])cc2)O1. The van der Waals surface area contributed by atoms with Crippen molar-refractivity contribution in [3.8, 4) is 23.0 Å². The number of hydrogen-bond acceptors (Lipinski definition) is 8. The van der Waals surface area contributed by atoms with E-state index in [-0.39, 0.29) is 22.9 Å². The van der Waals surface area contributed by atoms with Gasteiger partial charge in [-0.05, 0) is 18.2 Å². The molecule has 3 rings (SSSR count). The summed E-state index contributed by atoms with van der Waals surface area (Å²) in [4.78, 5) is 16.0. The molecule has 27 heavy (non-hydrogen) atoms. The lowest BCUT2D eigenvalue weighted by Crippen LogP contribution is -2.19. The lowest BCUT2D eigenvalue weighted by Gasteiger charge is -2.20. The highest BCUT2D eigenvalue weighted by atomic mass is 16.7. The van der Waals surface area contributed by atoms with Crippen molar-refractivity contribution >= 4 is 5.69 Å². The van der Waals surface area contributed by atoms with Crippen LogP contribution in [0.25, 0.3) is 0 Å². The van der Waals surface area contributed by atoms with Crippen molar-refractivity contribution in [2.75, 3.05) is 20.3 Å². The first-order valence-electron chi connectivity index (χ1n) is 8.07. The Balaban J connectivity index is 1.85. The minimum atomic E-state index is -0.629. The summed E-state index contributed by atoms with van der Waals surface area (Å²) in [5, 5.41) is 32.4. The topological polar surface area (TPSA) is 115 Å². The number of aromatic hydroxyl groups is 2. The molecule has 1 atom stereocenters. The van der Waals surface area contributed by atoms with Crippen LogP contribution >= 0.6 is 0 Å². The van der Waals surface area contributed by atoms with Crippen molar-refractivity contribution in [2.45, 2.75) is 6.10 Å². The van der Waals surface area contributed by atoms with Gasteiger partial charge in [-0.15, -0.1) is 0 Å². The van der Waals surface area contributed by atoms with E-state index >= 15 is 0 Å². The first kappa shape index (κ1) is 18.5. The number of nitrogens with zero attached hydrogens (tertiary/aromatic N) is 2. The van der Waals surface area contributed by atoms with Crippen LogP contribution in [0.5, 0.6) is 23.0 Å². The van der Waals surface area contributed by atoms with E-state index in [9.17, 15) is 20.3 Å². The molecule has 0 fully saturated rings. The van der Waals surface area contributed by atoms with Crippen LogP contribution in [0, 0.1) is 10.1 Å². The van der Waals surface area contributed by atoms with Crippen molar-refractivity contribution in [2.24, 2.45) is 0 Å². The van der Waals surface area contributed by atoms with Crippen molar-refractivity contribution in [3.05, 3.63) is 64.4 Å². The molecule has 1 heterocycles. The molecule has 9 nitrogen and oxygen atoms in total. The normalized spacial score (nSPS) is 15.9. The fourth-order valence-electron chi connectivity index (χ4n) is 2.58. The van der Waals surface area contributed by atoms with Gasteiger partial charge in [0.05, 0.1) is 23.6 Å². The van der Waals surface area contributed by atoms with Crippen LogP contribution in [-0.2, 0) is 9.57 Å². The van der Waals surface area contributed by atoms with E-state index in [1.165, 1.54) is 36.4 Å². The molecule has 0 bridgehead atoms. The zero-order valence-corrected chi connectivity index (χ0v) is 14.4. The maximum atomic E-state index is 10.8. The molecule has 2 aromatic rings. The van der Waals surface area contributed by atoms with E-state index in [1.54, 1.807) is 24.4 Å². The molecular weight excluding hydrogens is 356 g/mol. The number of phenolic OH excluding ortho intramolecular Hbond substituents is 2. The van der Waals surface area contributed by atoms with E-state index in [4.69, 9.17) is 14.3 Å². The summed E-state index contributed by atoms with van der Waals surface area (Å²) < 4.78 is 10.7. The molecule has 0 amide bonds. The fraction of sp³-hybridized carbons (Fsp3) is 0.222. The monoisotopic (exact) mass is 374 g/mol. The molecule has 142 valence electrons. The minimum absolute atomic E-state index is 0.0721. The molecular formula is C18H18N2O7. The second kappa shape index (κ2) is 7.94. The predicted octanol–water partition coefficient (Wildman–Crippen LogP) is 3.25. The Kier molecular flexibility index (Phi) is 5.43. The Morgan fingerprint density at radius 2 is 2.00 bits per heavy atom.